The average molecular weight is 324 g/mol. The Morgan fingerprint density at radius 2 is 2.38 bits per heavy atom. The van der Waals surface area contributed by atoms with Gasteiger partial charge in [0.15, 0.2) is 0 Å². The molecule has 124 valence electrons. The second kappa shape index (κ2) is 8.53. The Morgan fingerprint density at radius 3 is 3.08 bits per heavy atom. The molecule has 0 spiro atoms. The summed E-state index contributed by atoms with van der Waals surface area (Å²) in [6.45, 7) is 8.31. The van der Waals surface area contributed by atoms with Gasteiger partial charge in [-0.3, -0.25) is 0 Å². The van der Waals surface area contributed by atoms with Gasteiger partial charge in [-0.05, 0) is 31.0 Å². The Morgan fingerprint density at radius 1 is 1.54 bits per heavy atom. The number of hydrogen-bond acceptors (Lipinski definition) is 6. The van der Waals surface area contributed by atoms with Crippen LogP contribution in [0.3, 0.4) is 0 Å². The molecular weight excluding hydrogens is 304 g/mol. The lowest BCUT2D eigenvalue weighted by atomic mass is 10.2. The van der Waals surface area contributed by atoms with Gasteiger partial charge in [-0.15, -0.1) is 0 Å². The first-order valence-electron chi connectivity index (χ1n) is 7.72. The van der Waals surface area contributed by atoms with E-state index in [1.165, 1.54) is 0 Å². The molecule has 6 nitrogen and oxygen atoms in total. The van der Waals surface area contributed by atoms with Gasteiger partial charge < -0.3 is 9.15 Å². The third-order valence-corrected chi connectivity index (χ3v) is 3.10. The summed E-state index contributed by atoms with van der Waals surface area (Å²) in [5.74, 6) is 1.31. The molecule has 2 rings (SSSR count). The van der Waals surface area contributed by atoms with Crippen LogP contribution >= 0.6 is 0 Å². The molecule has 0 fully saturated rings. The zero-order valence-electron chi connectivity index (χ0n) is 13.9. The van der Waals surface area contributed by atoms with Crippen LogP contribution in [0.4, 0.5) is 5.88 Å². The molecule has 24 heavy (non-hydrogen) atoms. The standard InChI is InChI=1S/C18H20N4O2/c1-4-5-9-23-15-8-6-7-14(10-15)12-20-22-18-16(11-19)21-17(24-18)13(2)3/h6-8,10,12,22H,2,4-5,9H2,1,3H3. The molecule has 0 saturated heterocycles. The summed E-state index contributed by atoms with van der Waals surface area (Å²) in [5, 5.41) is 13.1. The molecule has 1 heterocycles. The van der Waals surface area contributed by atoms with E-state index in [2.05, 4.69) is 29.0 Å². The topological polar surface area (TPSA) is 83.4 Å². The van der Waals surface area contributed by atoms with Crippen molar-refractivity contribution in [3.05, 3.63) is 48.0 Å². The van der Waals surface area contributed by atoms with Gasteiger partial charge in [-0.1, -0.05) is 32.1 Å². The van der Waals surface area contributed by atoms with Gasteiger partial charge in [0.05, 0.1) is 12.8 Å². The van der Waals surface area contributed by atoms with Crippen molar-refractivity contribution >= 4 is 17.7 Å². The monoisotopic (exact) mass is 324 g/mol. The van der Waals surface area contributed by atoms with E-state index in [9.17, 15) is 0 Å². The molecule has 1 N–H and O–H groups in total. The maximum absolute atomic E-state index is 9.06. The number of anilines is 1. The van der Waals surface area contributed by atoms with Crippen molar-refractivity contribution in [3.8, 4) is 11.8 Å². The predicted octanol–water partition coefficient (Wildman–Crippen LogP) is 4.20. The molecule has 0 aliphatic heterocycles. The average Bonchev–Trinajstić information content (AvgIpc) is 2.99. The Balaban J connectivity index is 2.03. The van der Waals surface area contributed by atoms with Gasteiger partial charge in [0.2, 0.25) is 11.6 Å². The molecule has 0 saturated carbocycles. The van der Waals surface area contributed by atoms with Crippen molar-refractivity contribution < 1.29 is 9.15 Å². The normalized spacial score (nSPS) is 10.5. The van der Waals surface area contributed by atoms with Crippen molar-refractivity contribution in [2.24, 2.45) is 5.10 Å². The van der Waals surface area contributed by atoms with Gasteiger partial charge in [0.1, 0.15) is 11.8 Å². The van der Waals surface area contributed by atoms with Crippen LogP contribution in [0.25, 0.3) is 5.57 Å². The number of allylic oxidation sites excluding steroid dienone is 1. The lowest BCUT2D eigenvalue weighted by Gasteiger charge is -2.05. The maximum Gasteiger partial charge on any atom is 0.252 e. The van der Waals surface area contributed by atoms with Gasteiger partial charge in [0, 0.05) is 5.57 Å². The molecule has 0 unspecified atom stereocenters. The number of nitriles is 1. The highest BCUT2D eigenvalue weighted by atomic mass is 16.5. The molecular formula is C18H20N4O2. The van der Waals surface area contributed by atoms with Gasteiger partial charge in [-0.25, -0.2) is 5.43 Å². The predicted molar refractivity (Wildman–Crippen MR) is 94.0 cm³/mol. The first-order chi connectivity index (χ1) is 11.6. The molecule has 0 atom stereocenters. The largest absolute Gasteiger partial charge is 0.494 e. The van der Waals surface area contributed by atoms with Crippen molar-refractivity contribution in [1.29, 1.82) is 5.26 Å². The molecule has 0 aliphatic rings. The first-order valence-corrected chi connectivity index (χ1v) is 7.72. The highest BCUT2D eigenvalue weighted by Crippen LogP contribution is 2.20. The number of ether oxygens (including phenoxy) is 1. The molecule has 0 aliphatic carbocycles. The third kappa shape index (κ3) is 4.71. The minimum Gasteiger partial charge on any atom is -0.494 e. The highest BCUT2D eigenvalue weighted by molar-refractivity contribution is 5.80. The number of rotatable bonds is 8. The number of hydrogen-bond donors (Lipinski definition) is 1. The van der Waals surface area contributed by atoms with Crippen molar-refractivity contribution in [2.45, 2.75) is 26.7 Å². The van der Waals surface area contributed by atoms with E-state index in [-0.39, 0.29) is 11.6 Å². The summed E-state index contributed by atoms with van der Waals surface area (Å²) < 4.78 is 11.1. The molecule has 6 heteroatoms. The van der Waals surface area contributed by atoms with Crippen LogP contribution in [-0.2, 0) is 0 Å². The van der Waals surface area contributed by atoms with Crippen molar-refractivity contribution in [2.75, 3.05) is 12.0 Å². The van der Waals surface area contributed by atoms with E-state index >= 15 is 0 Å². The number of oxazole rings is 1. The molecule has 0 amide bonds. The zero-order valence-corrected chi connectivity index (χ0v) is 13.9. The SMILES string of the molecule is C=C(C)c1nc(C#N)c(NN=Cc2cccc(OCCCC)c2)o1. The Kier molecular flexibility index (Phi) is 6.15. The fraction of sp³-hybridized carbons (Fsp3) is 0.278. The number of benzene rings is 1. The lowest BCUT2D eigenvalue weighted by Crippen LogP contribution is -1.97. The van der Waals surface area contributed by atoms with Crippen LogP contribution in [-0.4, -0.2) is 17.8 Å². The Labute approximate surface area is 141 Å². The van der Waals surface area contributed by atoms with Crippen LogP contribution in [0.5, 0.6) is 5.75 Å². The van der Waals surface area contributed by atoms with E-state index in [4.69, 9.17) is 14.4 Å². The van der Waals surface area contributed by atoms with Crippen LogP contribution in [0.2, 0.25) is 0 Å². The first kappa shape index (κ1) is 17.3. The lowest BCUT2D eigenvalue weighted by molar-refractivity contribution is 0.309. The van der Waals surface area contributed by atoms with Crippen LogP contribution in [0.1, 0.15) is 43.8 Å². The molecule has 1 aromatic heterocycles. The summed E-state index contributed by atoms with van der Waals surface area (Å²) in [4.78, 5) is 4.03. The second-order valence-electron chi connectivity index (χ2n) is 5.23. The van der Waals surface area contributed by atoms with E-state index < -0.39 is 0 Å². The summed E-state index contributed by atoms with van der Waals surface area (Å²) in [6.07, 6.45) is 3.74. The fourth-order valence-corrected chi connectivity index (χ4v) is 1.84. The smallest absolute Gasteiger partial charge is 0.252 e. The summed E-state index contributed by atoms with van der Waals surface area (Å²) >= 11 is 0. The van der Waals surface area contributed by atoms with E-state index in [0.29, 0.717) is 18.1 Å². The maximum atomic E-state index is 9.06. The number of hydrazone groups is 1. The fourth-order valence-electron chi connectivity index (χ4n) is 1.84. The molecule has 2 aromatic rings. The highest BCUT2D eigenvalue weighted by Gasteiger charge is 2.12. The molecule has 0 bridgehead atoms. The van der Waals surface area contributed by atoms with Gasteiger partial charge in [-0.2, -0.15) is 15.3 Å². The van der Waals surface area contributed by atoms with E-state index in [1.807, 2.05) is 30.3 Å². The summed E-state index contributed by atoms with van der Waals surface area (Å²) in [6, 6.07) is 9.56. The minimum atomic E-state index is 0.141. The van der Waals surface area contributed by atoms with E-state index in [0.717, 1.165) is 24.2 Å². The third-order valence-electron chi connectivity index (χ3n) is 3.10. The van der Waals surface area contributed by atoms with Crippen LogP contribution < -0.4 is 10.2 Å². The Hall–Kier alpha value is -3.07. The zero-order chi connectivity index (χ0) is 17.4. The summed E-state index contributed by atoms with van der Waals surface area (Å²) in [7, 11) is 0. The molecule has 0 radical (unpaired) electrons. The van der Waals surface area contributed by atoms with Gasteiger partial charge >= 0.3 is 0 Å². The number of nitrogens with one attached hydrogen (secondary N) is 1. The van der Waals surface area contributed by atoms with Crippen molar-refractivity contribution in [3.63, 3.8) is 0 Å². The van der Waals surface area contributed by atoms with E-state index in [1.54, 1.807) is 13.1 Å². The van der Waals surface area contributed by atoms with Crippen molar-refractivity contribution in [1.82, 2.24) is 4.98 Å². The number of nitrogens with zero attached hydrogens (tertiary/aromatic N) is 3. The molecule has 1 aromatic carbocycles. The van der Waals surface area contributed by atoms with Crippen LogP contribution in [0, 0.1) is 11.3 Å². The summed E-state index contributed by atoms with van der Waals surface area (Å²) in [5.41, 5.74) is 4.35. The van der Waals surface area contributed by atoms with Gasteiger partial charge in [0.25, 0.3) is 5.88 Å². The number of aromatic nitrogens is 1. The second-order valence-corrected chi connectivity index (χ2v) is 5.23. The quantitative estimate of drug-likeness (QED) is 0.447. The van der Waals surface area contributed by atoms with Crippen LogP contribution in [0.15, 0.2) is 40.4 Å². The number of unbranched alkanes of at least 4 members (excludes halogenated alkanes) is 1. The minimum absolute atomic E-state index is 0.141. The Bertz CT molecular complexity index is 772.